The lowest BCUT2D eigenvalue weighted by molar-refractivity contribution is -0.119. The summed E-state index contributed by atoms with van der Waals surface area (Å²) in [6.07, 6.45) is 1.03. The summed E-state index contributed by atoms with van der Waals surface area (Å²) in [5, 5.41) is 9.35. The van der Waals surface area contributed by atoms with E-state index in [4.69, 9.17) is 4.74 Å². The lowest BCUT2D eigenvalue weighted by Crippen LogP contribution is -2.41. The summed E-state index contributed by atoms with van der Waals surface area (Å²) < 4.78 is 5.35. The van der Waals surface area contributed by atoms with Gasteiger partial charge in [0.05, 0.1) is 13.2 Å². The average Bonchev–Trinajstić information content (AvgIpc) is 2.69. The van der Waals surface area contributed by atoms with Crippen LogP contribution in [0.15, 0.2) is 35.3 Å². The van der Waals surface area contributed by atoms with Crippen LogP contribution in [0.2, 0.25) is 0 Å². The van der Waals surface area contributed by atoms with Gasteiger partial charge in [-0.05, 0) is 25.5 Å². The third kappa shape index (κ3) is 10.5. The normalized spacial score (nSPS) is 14.9. The molecule has 8 heteroatoms. The first kappa shape index (κ1) is 23.6. The van der Waals surface area contributed by atoms with Gasteiger partial charge in [0.2, 0.25) is 5.91 Å². The van der Waals surface area contributed by atoms with E-state index in [0.29, 0.717) is 12.5 Å². The van der Waals surface area contributed by atoms with Gasteiger partial charge in [0.1, 0.15) is 6.54 Å². The Hall–Kier alpha value is -1.39. The van der Waals surface area contributed by atoms with E-state index in [2.05, 4.69) is 25.8 Å². The molecule has 0 saturated carbocycles. The quantitative estimate of drug-likeness (QED) is 0.210. The number of nitrogens with zero attached hydrogens (tertiary/aromatic N) is 2. The van der Waals surface area contributed by atoms with Gasteiger partial charge in [-0.25, -0.2) is 4.99 Å². The third-order valence-electron chi connectivity index (χ3n) is 4.10. The number of amides is 1. The number of hydrogen-bond donors (Lipinski definition) is 3. The van der Waals surface area contributed by atoms with Gasteiger partial charge in [0, 0.05) is 32.7 Å². The molecule has 0 radical (unpaired) electrons. The number of nitrogens with one attached hydrogen (secondary N) is 3. The molecular formula is C19H32IN5O2. The van der Waals surface area contributed by atoms with E-state index in [0.717, 1.165) is 57.9 Å². The Labute approximate surface area is 179 Å². The number of benzene rings is 1. The second kappa shape index (κ2) is 14.6. The topological polar surface area (TPSA) is 78.0 Å². The van der Waals surface area contributed by atoms with Crippen molar-refractivity contribution in [3.63, 3.8) is 0 Å². The minimum atomic E-state index is -0.0839. The molecule has 0 aliphatic carbocycles. The van der Waals surface area contributed by atoms with Crippen molar-refractivity contribution in [2.45, 2.75) is 19.9 Å². The Morgan fingerprint density at radius 3 is 2.59 bits per heavy atom. The Balaban J connectivity index is 0.00000364. The van der Waals surface area contributed by atoms with Gasteiger partial charge in [-0.15, -0.1) is 24.0 Å². The molecule has 3 N–H and O–H groups in total. The molecule has 1 saturated heterocycles. The van der Waals surface area contributed by atoms with Crippen molar-refractivity contribution in [2.75, 3.05) is 52.5 Å². The molecule has 7 nitrogen and oxygen atoms in total. The van der Waals surface area contributed by atoms with Crippen LogP contribution in [0.5, 0.6) is 0 Å². The molecule has 0 unspecified atom stereocenters. The Bertz CT molecular complexity index is 550. The second-order valence-electron chi connectivity index (χ2n) is 6.19. The molecule has 1 aliphatic rings. The molecule has 1 heterocycles. The predicted octanol–water partition coefficient (Wildman–Crippen LogP) is 1.20. The Kier molecular flexibility index (Phi) is 12.8. The van der Waals surface area contributed by atoms with E-state index < -0.39 is 0 Å². The number of hydrogen-bond acceptors (Lipinski definition) is 4. The summed E-state index contributed by atoms with van der Waals surface area (Å²) in [5.41, 5.74) is 1.08. The van der Waals surface area contributed by atoms with Crippen LogP contribution in [0.4, 0.5) is 0 Å². The fraction of sp³-hybridized carbons (Fsp3) is 0.579. The van der Waals surface area contributed by atoms with Crippen LogP contribution < -0.4 is 16.0 Å². The maximum Gasteiger partial charge on any atom is 0.242 e. The lowest BCUT2D eigenvalue weighted by Gasteiger charge is -2.26. The molecule has 1 aliphatic heterocycles. The van der Waals surface area contributed by atoms with Gasteiger partial charge < -0.3 is 20.7 Å². The highest BCUT2D eigenvalue weighted by atomic mass is 127. The van der Waals surface area contributed by atoms with Crippen LogP contribution in [-0.2, 0) is 16.1 Å². The molecule has 1 aromatic carbocycles. The SMILES string of the molecule is CCNC(=NCC(=O)NCc1ccccc1)NCCCN1CCOCC1.I. The van der Waals surface area contributed by atoms with E-state index in [1.807, 2.05) is 37.3 Å². The van der Waals surface area contributed by atoms with Crippen molar-refractivity contribution in [1.82, 2.24) is 20.9 Å². The number of carbonyl (C=O) groups excluding carboxylic acids is 1. The highest BCUT2D eigenvalue weighted by molar-refractivity contribution is 14.0. The van der Waals surface area contributed by atoms with Gasteiger partial charge in [-0.1, -0.05) is 30.3 Å². The lowest BCUT2D eigenvalue weighted by atomic mass is 10.2. The zero-order valence-corrected chi connectivity index (χ0v) is 18.4. The van der Waals surface area contributed by atoms with Crippen LogP contribution >= 0.6 is 24.0 Å². The number of halogens is 1. The number of morpholine rings is 1. The second-order valence-corrected chi connectivity index (χ2v) is 6.19. The molecule has 2 rings (SSSR count). The van der Waals surface area contributed by atoms with Gasteiger partial charge >= 0.3 is 0 Å². The van der Waals surface area contributed by atoms with Crippen LogP contribution in [0.25, 0.3) is 0 Å². The largest absolute Gasteiger partial charge is 0.379 e. The minimum Gasteiger partial charge on any atom is -0.379 e. The first-order chi connectivity index (χ1) is 12.8. The number of ether oxygens (including phenoxy) is 1. The molecule has 1 amide bonds. The molecule has 27 heavy (non-hydrogen) atoms. The maximum absolute atomic E-state index is 12.0. The molecule has 0 aromatic heterocycles. The van der Waals surface area contributed by atoms with Crippen molar-refractivity contribution < 1.29 is 9.53 Å². The van der Waals surface area contributed by atoms with Crippen molar-refractivity contribution in [1.29, 1.82) is 0 Å². The predicted molar refractivity (Wildman–Crippen MR) is 120 cm³/mol. The molecule has 1 aromatic rings. The Morgan fingerprint density at radius 1 is 1.15 bits per heavy atom. The van der Waals surface area contributed by atoms with Crippen LogP contribution in [0.1, 0.15) is 18.9 Å². The van der Waals surface area contributed by atoms with E-state index >= 15 is 0 Å². The van der Waals surface area contributed by atoms with E-state index in [1.165, 1.54) is 0 Å². The molecule has 1 fully saturated rings. The van der Waals surface area contributed by atoms with Gasteiger partial charge in [-0.3, -0.25) is 9.69 Å². The van der Waals surface area contributed by atoms with Crippen molar-refractivity contribution in [2.24, 2.45) is 4.99 Å². The van der Waals surface area contributed by atoms with Crippen molar-refractivity contribution in [3.05, 3.63) is 35.9 Å². The first-order valence-corrected chi connectivity index (χ1v) is 9.41. The fourth-order valence-corrected chi connectivity index (χ4v) is 2.68. The molecule has 152 valence electrons. The molecule has 0 bridgehead atoms. The monoisotopic (exact) mass is 489 g/mol. The summed E-state index contributed by atoms with van der Waals surface area (Å²) in [6, 6.07) is 9.86. The number of guanidine groups is 1. The number of carbonyl (C=O) groups is 1. The van der Waals surface area contributed by atoms with Gasteiger partial charge in [0.15, 0.2) is 5.96 Å². The Morgan fingerprint density at radius 2 is 1.89 bits per heavy atom. The minimum absolute atomic E-state index is 0. The first-order valence-electron chi connectivity index (χ1n) is 9.41. The molecular weight excluding hydrogens is 457 g/mol. The van der Waals surface area contributed by atoms with Crippen LogP contribution in [0.3, 0.4) is 0 Å². The summed E-state index contributed by atoms with van der Waals surface area (Å²) >= 11 is 0. The molecule has 0 spiro atoms. The van der Waals surface area contributed by atoms with Crippen molar-refractivity contribution in [3.8, 4) is 0 Å². The van der Waals surface area contributed by atoms with Crippen LogP contribution in [0, 0.1) is 0 Å². The number of aliphatic imine (C=N–C) groups is 1. The highest BCUT2D eigenvalue weighted by Crippen LogP contribution is 1.98. The number of rotatable bonds is 9. The van der Waals surface area contributed by atoms with E-state index in [9.17, 15) is 4.79 Å². The standard InChI is InChI=1S/C19H31N5O2.HI/c1-2-20-19(21-9-6-10-24-11-13-26-14-12-24)23-16-18(25)22-15-17-7-4-3-5-8-17;/h3-5,7-8H,2,6,9-16H2,1H3,(H,22,25)(H2,20,21,23);1H. The van der Waals surface area contributed by atoms with Gasteiger partial charge in [-0.2, -0.15) is 0 Å². The summed E-state index contributed by atoms with van der Waals surface area (Å²) in [7, 11) is 0. The average molecular weight is 489 g/mol. The fourth-order valence-electron chi connectivity index (χ4n) is 2.68. The van der Waals surface area contributed by atoms with E-state index in [-0.39, 0.29) is 36.4 Å². The summed E-state index contributed by atoms with van der Waals surface area (Å²) in [5.74, 6) is 0.601. The smallest absolute Gasteiger partial charge is 0.242 e. The summed E-state index contributed by atoms with van der Waals surface area (Å²) in [6.45, 7) is 8.98. The maximum atomic E-state index is 12.0. The third-order valence-corrected chi connectivity index (χ3v) is 4.10. The zero-order valence-electron chi connectivity index (χ0n) is 16.1. The molecule has 0 atom stereocenters. The van der Waals surface area contributed by atoms with Crippen LogP contribution in [-0.4, -0.2) is 69.2 Å². The van der Waals surface area contributed by atoms with Crippen molar-refractivity contribution >= 4 is 35.8 Å². The van der Waals surface area contributed by atoms with Gasteiger partial charge in [0.25, 0.3) is 0 Å². The summed E-state index contributed by atoms with van der Waals surface area (Å²) in [4.78, 5) is 18.7. The van der Waals surface area contributed by atoms with E-state index in [1.54, 1.807) is 0 Å². The zero-order chi connectivity index (χ0) is 18.5. The highest BCUT2D eigenvalue weighted by Gasteiger charge is 2.09.